The maximum Gasteiger partial charge on any atom is 0.184 e. The first-order valence-electron chi connectivity index (χ1n) is 13.4. The molecule has 1 N–H and O–H groups in total. The van der Waals surface area contributed by atoms with Gasteiger partial charge in [0.05, 0.1) is 0 Å². The van der Waals surface area contributed by atoms with Crippen molar-refractivity contribution in [2.45, 2.75) is 118 Å². The minimum Gasteiger partial charge on any atom is -0.414 e. The van der Waals surface area contributed by atoms with Gasteiger partial charge in [-0.1, -0.05) is 45.1 Å². The predicted molar refractivity (Wildman–Crippen MR) is 143 cm³/mol. The lowest BCUT2D eigenvalue weighted by molar-refractivity contribution is -0.0410. The largest absolute Gasteiger partial charge is 0.414 e. The van der Waals surface area contributed by atoms with Crippen molar-refractivity contribution < 1.29 is 4.43 Å². The molecule has 0 bridgehead atoms. The maximum atomic E-state index is 6.56. The summed E-state index contributed by atoms with van der Waals surface area (Å²) < 4.78 is 6.56. The SMILES string of the molecule is C/C(=N/N[Si](C)(C)C)C1CCC2C3CC=C4CC(O[Si](C)(C)C)CCC4(C)C3CCC12C. The Balaban J connectivity index is 1.52. The smallest absolute Gasteiger partial charge is 0.184 e. The average molecular weight is 475 g/mol. The molecule has 3 fully saturated rings. The molecular weight excluding hydrogens is 424 g/mol. The second-order valence-corrected chi connectivity index (χ2v) is 23.3. The van der Waals surface area contributed by atoms with E-state index in [9.17, 15) is 0 Å². The highest BCUT2D eigenvalue weighted by atomic mass is 28.4. The topological polar surface area (TPSA) is 33.6 Å². The van der Waals surface area contributed by atoms with E-state index in [1.165, 1.54) is 57.1 Å². The van der Waals surface area contributed by atoms with Crippen molar-refractivity contribution in [3.8, 4) is 0 Å². The summed E-state index contributed by atoms with van der Waals surface area (Å²) in [5.74, 6) is 3.29. The molecule has 5 heteroatoms. The van der Waals surface area contributed by atoms with E-state index < -0.39 is 16.6 Å². The van der Waals surface area contributed by atoms with E-state index in [1.807, 2.05) is 0 Å². The van der Waals surface area contributed by atoms with E-state index in [1.54, 1.807) is 5.57 Å². The Morgan fingerprint density at radius 1 is 1.00 bits per heavy atom. The summed E-state index contributed by atoms with van der Waals surface area (Å²) in [5, 5.41) is 8.48. The molecule has 3 saturated carbocycles. The van der Waals surface area contributed by atoms with E-state index in [0.717, 1.165) is 17.8 Å². The van der Waals surface area contributed by atoms with Crippen LogP contribution in [0.1, 0.15) is 72.1 Å². The minimum absolute atomic E-state index is 0.421. The molecule has 7 atom stereocenters. The molecule has 0 heterocycles. The van der Waals surface area contributed by atoms with Gasteiger partial charge >= 0.3 is 0 Å². The predicted octanol–water partition coefficient (Wildman–Crippen LogP) is 7.59. The first-order chi connectivity index (χ1) is 14.7. The van der Waals surface area contributed by atoms with Crippen molar-refractivity contribution in [3.63, 3.8) is 0 Å². The summed E-state index contributed by atoms with van der Waals surface area (Å²) in [5.41, 5.74) is 3.99. The number of hydrogen-bond acceptors (Lipinski definition) is 3. The van der Waals surface area contributed by atoms with Crippen molar-refractivity contribution in [2.24, 2.45) is 39.6 Å². The van der Waals surface area contributed by atoms with Gasteiger partial charge in [-0.2, -0.15) is 5.10 Å². The van der Waals surface area contributed by atoms with Crippen molar-refractivity contribution >= 4 is 22.3 Å². The van der Waals surface area contributed by atoms with E-state index in [-0.39, 0.29) is 0 Å². The zero-order valence-electron chi connectivity index (χ0n) is 22.5. The van der Waals surface area contributed by atoms with Crippen LogP contribution in [0.25, 0.3) is 0 Å². The molecule has 0 aliphatic heterocycles. The summed E-state index contributed by atoms with van der Waals surface area (Å²) in [6.45, 7) is 21.6. The molecule has 0 aromatic carbocycles. The van der Waals surface area contributed by atoms with E-state index >= 15 is 0 Å². The highest BCUT2D eigenvalue weighted by Gasteiger charge is 2.59. The molecule has 0 spiro atoms. The Bertz CT molecular complexity index is 780. The highest BCUT2D eigenvalue weighted by molar-refractivity contribution is 6.73. The third-order valence-corrected chi connectivity index (χ3v) is 11.5. The van der Waals surface area contributed by atoms with Gasteiger partial charge in [0.2, 0.25) is 0 Å². The summed E-state index contributed by atoms with van der Waals surface area (Å²) in [6, 6.07) is 0. The third kappa shape index (κ3) is 4.59. The van der Waals surface area contributed by atoms with Gasteiger partial charge < -0.3 is 9.52 Å². The fourth-order valence-electron chi connectivity index (χ4n) is 8.25. The van der Waals surface area contributed by atoms with Gasteiger partial charge in [0.25, 0.3) is 0 Å². The quantitative estimate of drug-likeness (QED) is 0.193. The van der Waals surface area contributed by atoms with Crippen LogP contribution in [0.5, 0.6) is 0 Å². The van der Waals surface area contributed by atoms with Crippen LogP contribution in [0.2, 0.25) is 39.3 Å². The van der Waals surface area contributed by atoms with Crippen LogP contribution in [-0.4, -0.2) is 28.4 Å². The van der Waals surface area contributed by atoms with E-state index in [2.05, 4.69) is 71.2 Å². The summed E-state index contributed by atoms with van der Waals surface area (Å²) >= 11 is 0. The Morgan fingerprint density at radius 2 is 1.72 bits per heavy atom. The van der Waals surface area contributed by atoms with Gasteiger partial charge in [0.1, 0.15) is 0 Å². The third-order valence-electron chi connectivity index (χ3n) is 9.65. The Hall–Kier alpha value is -0.396. The Kier molecular flexibility index (Phi) is 6.47. The van der Waals surface area contributed by atoms with E-state index in [0.29, 0.717) is 22.9 Å². The number of nitrogens with zero attached hydrogens (tertiary/aromatic N) is 1. The van der Waals surface area contributed by atoms with Crippen molar-refractivity contribution in [1.82, 2.24) is 5.09 Å². The average Bonchev–Trinajstić information content (AvgIpc) is 3.02. The second kappa shape index (κ2) is 8.37. The van der Waals surface area contributed by atoms with Crippen LogP contribution >= 0.6 is 0 Å². The first-order valence-corrected chi connectivity index (χ1v) is 20.3. The van der Waals surface area contributed by atoms with Crippen LogP contribution < -0.4 is 5.09 Å². The molecular formula is C27H50N2OSi2. The fourth-order valence-corrected chi connectivity index (χ4v) is 9.96. The lowest BCUT2D eigenvalue weighted by Crippen LogP contribution is -2.51. The molecule has 4 rings (SSSR count). The molecule has 3 nitrogen and oxygen atoms in total. The van der Waals surface area contributed by atoms with Crippen molar-refractivity contribution in [2.75, 3.05) is 0 Å². The lowest BCUT2D eigenvalue weighted by Gasteiger charge is -2.58. The summed E-state index contributed by atoms with van der Waals surface area (Å²) in [4.78, 5) is 0. The molecule has 0 aromatic rings. The number of hydrogen-bond donors (Lipinski definition) is 1. The minimum atomic E-state index is -1.47. The van der Waals surface area contributed by atoms with E-state index in [4.69, 9.17) is 9.53 Å². The Labute approximate surface area is 200 Å². The van der Waals surface area contributed by atoms with Gasteiger partial charge in [0.15, 0.2) is 16.6 Å². The standard InChI is InChI=1S/C27H50N2OSi2/c1-19(28-29-31(4,5)6)23-12-13-24-22-11-10-20-18-21(30-32(7,8)9)14-16-26(20,2)25(22)15-17-27(23,24)3/h10,21-25,29H,11-18H2,1-9H3/b28-19-. The van der Waals surface area contributed by atoms with Crippen LogP contribution in [0.15, 0.2) is 16.8 Å². The Morgan fingerprint density at radius 3 is 2.38 bits per heavy atom. The molecule has 0 radical (unpaired) electrons. The number of hydrazone groups is 1. The monoisotopic (exact) mass is 474 g/mol. The molecule has 0 aromatic heterocycles. The summed E-state index contributed by atoms with van der Waals surface area (Å²) in [6.07, 6.45) is 13.8. The molecule has 7 unspecified atom stereocenters. The second-order valence-electron chi connectivity index (χ2n) is 14.1. The molecule has 182 valence electrons. The number of rotatable bonds is 5. The molecule has 32 heavy (non-hydrogen) atoms. The number of nitrogens with one attached hydrogen (secondary N) is 1. The maximum absolute atomic E-state index is 6.56. The van der Waals surface area contributed by atoms with Gasteiger partial charge in [-0.25, -0.2) is 0 Å². The van der Waals surface area contributed by atoms with Gasteiger partial charge in [-0.15, -0.1) is 0 Å². The summed E-state index contributed by atoms with van der Waals surface area (Å²) in [7, 11) is -2.84. The fraction of sp³-hybridized carbons (Fsp3) is 0.889. The van der Waals surface area contributed by atoms with Gasteiger partial charge in [0, 0.05) is 17.7 Å². The normalized spacial score (nSPS) is 42.6. The molecule has 0 amide bonds. The van der Waals surface area contributed by atoms with Gasteiger partial charge in [-0.05, 0) is 107 Å². The van der Waals surface area contributed by atoms with Crippen LogP contribution in [0.3, 0.4) is 0 Å². The van der Waals surface area contributed by atoms with Crippen LogP contribution in [-0.2, 0) is 4.43 Å². The highest BCUT2D eigenvalue weighted by Crippen LogP contribution is 2.66. The number of fused-ring (bicyclic) bond motifs is 5. The molecule has 0 saturated heterocycles. The first kappa shape index (κ1) is 24.7. The van der Waals surface area contributed by atoms with Gasteiger partial charge in [-0.3, -0.25) is 0 Å². The van der Waals surface area contributed by atoms with Crippen LogP contribution in [0, 0.1) is 34.5 Å². The van der Waals surface area contributed by atoms with Crippen LogP contribution in [0.4, 0.5) is 0 Å². The zero-order chi connectivity index (χ0) is 23.5. The number of allylic oxidation sites excluding steroid dienone is 1. The lowest BCUT2D eigenvalue weighted by atomic mass is 9.47. The van der Waals surface area contributed by atoms with Crippen molar-refractivity contribution in [1.29, 1.82) is 0 Å². The molecule has 4 aliphatic carbocycles. The molecule has 4 aliphatic rings. The van der Waals surface area contributed by atoms with Crippen molar-refractivity contribution in [3.05, 3.63) is 11.6 Å². The zero-order valence-corrected chi connectivity index (χ0v) is 24.5.